The van der Waals surface area contributed by atoms with E-state index in [0.29, 0.717) is 4.90 Å². The third-order valence-electron chi connectivity index (χ3n) is 2.05. The van der Waals surface area contributed by atoms with Gasteiger partial charge in [0.25, 0.3) is 0 Å². The lowest BCUT2D eigenvalue weighted by Gasteiger charge is -2.13. The minimum atomic E-state index is -0.0860. The van der Waals surface area contributed by atoms with Crippen molar-refractivity contribution in [2.45, 2.75) is 30.7 Å². The number of benzene rings is 1. The maximum atomic E-state index is 9.64. The molecule has 1 aromatic rings. The first-order chi connectivity index (χ1) is 6.16. The highest BCUT2D eigenvalue weighted by Gasteiger charge is 2.10. The molecular formula is C10H15NOS. The van der Waals surface area contributed by atoms with Crippen LogP contribution in [0, 0.1) is 0 Å². The van der Waals surface area contributed by atoms with E-state index in [2.05, 4.69) is 19.6 Å². The second-order valence-electron chi connectivity index (χ2n) is 3.11. The van der Waals surface area contributed by atoms with Gasteiger partial charge in [-0.3, -0.25) is 0 Å². The maximum Gasteiger partial charge on any atom is 0.133 e. The van der Waals surface area contributed by atoms with Gasteiger partial charge in [0.2, 0.25) is 0 Å². The fraction of sp³-hybridized carbons (Fsp3) is 0.400. The molecule has 2 nitrogen and oxygen atoms in total. The standard InChI is InChI=1S/C10H15NOS/c1-2-4-8(11)7-5-3-6-9(13)10(7)12/h3,5-6,8,12-13H,2,4,11H2,1H3/t8-/m1/s1. The number of hydrogen-bond acceptors (Lipinski definition) is 3. The molecule has 0 aliphatic rings. The number of para-hydroxylation sites is 1. The quantitative estimate of drug-likeness (QED) is 0.652. The number of rotatable bonds is 3. The fourth-order valence-corrected chi connectivity index (χ4v) is 1.53. The first kappa shape index (κ1) is 10.4. The van der Waals surface area contributed by atoms with E-state index in [0.717, 1.165) is 18.4 Å². The Morgan fingerprint density at radius 3 is 2.85 bits per heavy atom. The molecule has 0 heterocycles. The molecule has 1 atom stereocenters. The number of aromatic hydroxyl groups is 1. The fourth-order valence-electron chi connectivity index (χ4n) is 1.31. The summed E-state index contributed by atoms with van der Waals surface area (Å²) in [4.78, 5) is 0.587. The Morgan fingerprint density at radius 2 is 2.23 bits per heavy atom. The van der Waals surface area contributed by atoms with Crippen molar-refractivity contribution in [3.8, 4) is 5.75 Å². The molecule has 0 saturated carbocycles. The molecule has 72 valence electrons. The Bertz CT molecular complexity index is 288. The van der Waals surface area contributed by atoms with Crippen molar-refractivity contribution in [3.05, 3.63) is 23.8 Å². The van der Waals surface area contributed by atoms with Gasteiger partial charge in [0.15, 0.2) is 0 Å². The van der Waals surface area contributed by atoms with Crippen molar-refractivity contribution >= 4 is 12.6 Å². The summed E-state index contributed by atoms with van der Waals surface area (Å²) in [7, 11) is 0. The molecule has 0 bridgehead atoms. The molecule has 0 aromatic heterocycles. The van der Waals surface area contributed by atoms with Gasteiger partial charge in [0.1, 0.15) is 5.75 Å². The Balaban J connectivity index is 2.93. The normalized spacial score (nSPS) is 12.8. The molecule has 0 aliphatic carbocycles. The number of thiol groups is 1. The lowest BCUT2D eigenvalue weighted by Crippen LogP contribution is -2.09. The van der Waals surface area contributed by atoms with Gasteiger partial charge in [-0.1, -0.05) is 25.5 Å². The molecule has 1 rings (SSSR count). The van der Waals surface area contributed by atoms with Crippen LogP contribution in [0.5, 0.6) is 5.75 Å². The summed E-state index contributed by atoms with van der Waals surface area (Å²) in [5.41, 5.74) is 6.67. The SMILES string of the molecule is CCC[C@@H](N)c1cccc(S)c1O. The summed E-state index contributed by atoms with van der Waals surface area (Å²) in [6.07, 6.45) is 1.89. The van der Waals surface area contributed by atoms with Crippen molar-refractivity contribution in [1.82, 2.24) is 0 Å². The summed E-state index contributed by atoms with van der Waals surface area (Å²) < 4.78 is 0. The highest BCUT2D eigenvalue weighted by Crippen LogP contribution is 2.30. The predicted octanol–water partition coefficient (Wildman–Crippen LogP) is 2.48. The van der Waals surface area contributed by atoms with Crippen LogP contribution in [0.2, 0.25) is 0 Å². The van der Waals surface area contributed by atoms with Crippen molar-refractivity contribution < 1.29 is 5.11 Å². The van der Waals surface area contributed by atoms with E-state index < -0.39 is 0 Å². The smallest absolute Gasteiger partial charge is 0.133 e. The van der Waals surface area contributed by atoms with Gasteiger partial charge < -0.3 is 10.8 Å². The van der Waals surface area contributed by atoms with Gasteiger partial charge in [-0.15, -0.1) is 12.6 Å². The van der Waals surface area contributed by atoms with E-state index in [1.54, 1.807) is 6.07 Å². The molecule has 0 amide bonds. The van der Waals surface area contributed by atoms with Crippen LogP contribution in [0.15, 0.2) is 23.1 Å². The maximum absolute atomic E-state index is 9.64. The van der Waals surface area contributed by atoms with Crippen LogP contribution in [-0.4, -0.2) is 5.11 Å². The number of nitrogens with two attached hydrogens (primary N) is 1. The molecule has 3 N–H and O–H groups in total. The van der Waals surface area contributed by atoms with Crippen LogP contribution < -0.4 is 5.73 Å². The Hall–Kier alpha value is -0.670. The van der Waals surface area contributed by atoms with E-state index in [4.69, 9.17) is 5.73 Å². The van der Waals surface area contributed by atoms with Gasteiger partial charge in [0, 0.05) is 16.5 Å². The van der Waals surface area contributed by atoms with Crippen LogP contribution in [-0.2, 0) is 0 Å². The summed E-state index contributed by atoms with van der Waals surface area (Å²) in [6, 6.07) is 5.36. The monoisotopic (exact) mass is 197 g/mol. The third kappa shape index (κ3) is 2.39. The molecule has 0 saturated heterocycles. The van der Waals surface area contributed by atoms with Crippen molar-refractivity contribution in [1.29, 1.82) is 0 Å². The molecule has 0 aliphatic heterocycles. The number of phenols is 1. The molecule has 1 aromatic carbocycles. The molecular weight excluding hydrogens is 182 g/mol. The minimum Gasteiger partial charge on any atom is -0.506 e. The summed E-state index contributed by atoms with van der Waals surface area (Å²) in [5, 5.41) is 9.64. The molecule has 0 radical (unpaired) electrons. The van der Waals surface area contributed by atoms with Gasteiger partial charge in [0.05, 0.1) is 0 Å². The number of hydrogen-bond donors (Lipinski definition) is 3. The Kier molecular flexibility index (Phi) is 3.63. The van der Waals surface area contributed by atoms with Crippen LogP contribution in [0.25, 0.3) is 0 Å². The van der Waals surface area contributed by atoms with Gasteiger partial charge in [-0.05, 0) is 12.5 Å². The van der Waals surface area contributed by atoms with Crippen LogP contribution in [0.4, 0.5) is 0 Å². The first-order valence-electron chi connectivity index (χ1n) is 4.43. The van der Waals surface area contributed by atoms with Crippen molar-refractivity contribution in [3.63, 3.8) is 0 Å². The highest BCUT2D eigenvalue weighted by atomic mass is 32.1. The lowest BCUT2D eigenvalue weighted by molar-refractivity contribution is 0.445. The lowest BCUT2D eigenvalue weighted by atomic mass is 10.0. The molecule has 0 fully saturated rings. The largest absolute Gasteiger partial charge is 0.506 e. The minimum absolute atomic E-state index is 0.0860. The third-order valence-corrected chi connectivity index (χ3v) is 2.41. The predicted molar refractivity (Wildman–Crippen MR) is 57.2 cm³/mol. The second-order valence-corrected chi connectivity index (χ2v) is 3.59. The number of phenolic OH excluding ortho intramolecular Hbond substituents is 1. The average Bonchev–Trinajstić information content (AvgIpc) is 2.10. The second kappa shape index (κ2) is 4.53. The first-order valence-corrected chi connectivity index (χ1v) is 4.88. The van der Waals surface area contributed by atoms with Gasteiger partial charge in [-0.25, -0.2) is 0 Å². The van der Waals surface area contributed by atoms with Crippen LogP contribution in [0.3, 0.4) is 0 Å². The van der Waals surface area contributed by atoms with E-state index in [1.807, 2.05) is 12.1 Å². The van der Waals surface area contributed by atoms with Crippen molar-refractivity contribution in [2.75, 3.05) is 0 Å². The molecule has 0 spiro atoms. The molecule has 13 heavy (non-hydrogen) atoms. The zero-order valence-electron chi connectivity index (χ0n) is 7.70. The van der Waals surface area contributed by atoms with E-state index >= 15 is 0 Å². The van der Waals surface area contributed by atoms with Crippen LogP contribution in [0.1, 0.15) is 31.4 Å². The zero-order chi connectivity index (χ0) is 9.84. The summed E-state index contributed by atoms with van der Waals surface area (Å²) >= 11 is 4.12. The van der Waals surface area contributed by atoms with E-state index in [-0.39, 0.29) is 11.8 Å². The molecule has 0 unspecified atom stereocenters. The van der Waals surface area contributed by atoms with E-state index in [1.165, 1.54) is 0 Å². The van der Waals surface area contributed by atoms with Crippen LogP contribution >= 0.6 is 12.6 Å². The van der Waals surface area contributed by atoms with Gasteiger partial charge in [-0.2, -0.15) is 0 Å². The highest BCUT2D eigenvalue weighted by molar-refractivity contribution is 7.80. The Morgan fingerprint density at radius 1 is 1.54 bits per heavy atom. The average molecular weight is 197 g/mol. The topological polar surface area (TPSA) is 46.2 Å². The van der Waals surface area contributed by atoms with Crippen molar-refractivity contribution in [2.24, 2.45) is 5.73 Å². The Labute approximate surface area is 84.2 Å². The zero-order valence-corrected chi connectivity index (χ0v) is 8.59. The summed E-state index contributed by atoms with van der Waals surface area (Å²) in [6.45, 7) is 2.07. The van der Waals surface area contributed by atoms with E-state index in [9.17, 15) is 5.11 Å². The van der Waals surface area contributed by atoms with Gasteiger partial charge >= 0.3 is 0 Å². The molecule has 3 heteroatoms. The summed E-state index contributed by atoms with van der Waals surface area (Å²) in [5.74, 6) is 0.215.